The highest BCUT2D eigenvalue weighted by atomic mass is 35.5. The Labute approximate surface area is 167 Å². The molecule has 152 valence electrons. The lowest BCUT2D eigenvalue weighted by molar-refractivity contribution is -0.144. The van der Waals surface area contributed by atoms with Crippen LogP contribution in [0.25, 0.3) is 0 Å². The van der Waals surface area contributed by atoms with Crippen LogP contribution in [-0.2, 0) is 4.79 Å². The lowest BCUT2D eigenvalue weighted by atomic mass is 9.88. The molecule has 0 N–H and O–H groups in total. The number of halogens is 1. The van der Waals surface area contributed by atoms with Crippen molar-refractivity contribution >= 4 is 18.3 Å². The van der Waals surface area contributed by atoms with E-state index in [9.17, 15) is 4.79 Å². The van der Waals surface area contributed by atoms with Gasteiger partial charge in [-0.25, -0.2) is 0 Å². The van der Waals surface area contributed by atoms with Crippen molar-refractivity contribution in [2.75, 3.05) is 13.1 Å². The van der Waals surface area contributed by atoms with Crippen molar-refractivity contribution in [1.29, 1.82) is 0 Å². The van der Waals surface area contributed by atoms with Crippen LogP contribution in [0.15, 0.2) is 0 Å². The molecule has 3 nitrogen and oxygen atoms in total. The number of carbonyl (C=O) groups is 1. The molecule has 3 aliphatic rings. The van der Waals surface area contributed by atoms with Crippen LogP contribution in [0.1, 0.15) is 103 Å². The topological polar surface area (TPSA) is 23.6 Å². The van der Waals surface area contributed by atoms with E-state index >= 15 is 0 Å². The van der Waals surface area contributed by atoms with E-state index < -0.39 is 0 Å². The van der Waals surface area contributed by atoms with Crippen molar-refractivity contribution in [3.63, 3.8) is 0 Å². The molecule has 0 spiro atoms. The molecule has 1 atom stereocenters. The van der Waals surface area contributed by atoms with Gasteiger partial charge in [0.25, 0.3) is 0 Å². The van der Waals surface area contributed by atoms with E-state index in [1.54, 1.807) is 0 Å². The SMILES string of the molecule is CCC(C(=O)N(C1CCCCC1)C1CCCCC1)N1CCCCCC1.Cl. The quantitative estimate of drug-likeness (QED) is 0.619. The lowest BCUT2D eigenvalue weighted by Gasteiger charge is -2.44. The summed E-state index contributed by atoms with van der Waals surface area (Å²) in [5, 5.41) is 0. The van der Waals surface area contributed by atoms with E-state index in [1.807, 2.05) is 0 Å². The molecule has 26 heavy (non-hydrogen) atoms. The number of hydrogen-bond acceptors (Lipinski definition) is 2. The molecule has 1 unspecified atom stereocenters. The van der Waals surface area contributed by atoms with Crippen LogP contribution in [0.5, 0.6) is 0 Å². The van der Waals surface area contributed by atoms with Crippen molar-refractivity contribution < 1.29 is 4.79 Å². The van der Waals surface area contributed by atoms with Gasteiger partial charge in [-0.2, -0.15) is 0 Å². The first-order chi connectivity index (χ1) is 12.3. The summed E-state index contributed by atoms with van der Waals surface area (Å²) in [6.45, 7) is 4.49. The van der Waals surface area contributed by atoms with Gasteiger partial charge >= 0.3 is 0 Å². The fraction of sp³-hybridized carbons (Fsp3) is 0.955. The van der Waals surface area contributed by atoms with Gasteiger partial charge in [-0.3, -0.25) is 9.69 Å². The Morgan fingerprint density at radius 2 is 1.23 bits per heavy atom. The van der Waals surface area contributed by atoms with Gasteiger partial charge in [-0.15, -0.1) is 12.4 Å². The van der Waals surface area contributed by atoms with Gasteiger partial charge in [0.15, 0.2) is 0 Å². The largest absolute Gasteiger partial charge is 0.335 e. The van der Waals surface area contributed by atoms with Crippen LogP contribution in [-0.4, -0.2) is 46.9 Å². The predicted molar refractivity (Wildman–Crippen MR) is 112 cm³/mol. The number of hydrogen-bond donors (Lipinski definition) is 0. The van der Waals surface area contributed by atoms with E-state index in [0.717, 1.165) is 19.5 Å². The first kappa shape index (κ1) is 22.0. The molecule has 3 rings (SSSR count). The Morgan fingerprint density at radius 1 is 0.808 bits per heavy atom. The van der Waals surface area contributed by atoms with Gasteiger partial charge in [0.05, 0.1) is 6.04 Å². The standard InChI is InChI=1S/C22H40N2O.ClH/c1-2-21(23-17-11-3-4-12-18-23)22(25)24(19-13-7-5-8-14-19)20-15-9-6-10-16-20;/h19-21H,2-18H2,1H3;1H. The molecule has 1 heterocycles. The maximum atomic E-state index is 13.8. The van der Waals surface area contributed by atoms with Gasteiger partial charge in [-0.1, -0.05) is 58.3 Å². The fourth-order valence-electron chi connectivity index (χ4n) is 5.54. The Kier molecular flexibility index (Phi) is 9.77. The van der Waals surface area contributed by atoms with Gasteiger partial charge in [-0.05, 0) is 58.0 Å². The first-order valence-corrected chi connectivity index (χ1v) is 11.4. The Balaban J connectivity index is 0.00000243. The third kappa shape index (κ3) is 5.61. The smallest absolute Gasteiger partial charge is 0.240 e. The highest BCUT2D eigenvalue weighted by molar-refractivity contribution is 5.85. The number of amides is 1. The second-order valence-corrected chi connectivity index (χ2v) is 8.70. The summed E-state index contributed by atoms with van der Waals surface area (Å²) in [4.78, 5) is 18.7. The summed E-state index contributed by atoms with van der Waals surface area (Å²) in [7, 11) is 0. The lowest BCUT2D eigenvalue weighted by Crippen LogP contribution is -2.56. The molecule has 2 aliphatic carbocycles. The zero-order chi connectivity index (χ0) is 17.5. The summed E-state index contributed by atoms with van der Waals surface area (Å²) < 4.78 is 0. The zero-order valence-electron chi connectivity index (χ0n) is 17.0. The maximum Gasteiger partial charge on any atom is 0.240 e. The minimum Gasteiger partial charge on any atom is -0.335 e. The minimum atomic E-state index is 0. The number of carbonyl (C=O) groups excluding carboxylic acids is 1. The molecule has 0 aromatic heterocycles. The molecule has 0 bridgehead atoms. The summed E-state index contributed by atoms with van der Waals surface area (Å²) in [5.41, 5.74) is 0. The average Bonchev–Trinajstić information content (AvgIpc) is 2.94. The van der Waals surface area contributed by atoms with Gasteiger partial charge in [0.1, 0.15) is 0 Å². The summed E-state index contributed by atoms with van der Waals surface area (Å²) in [6.07, 6.45) is 19.2. The van der Waals surface area contributed by atoms with Crippen molar-refractivity contribution in [3.05, 3.63) is 0 Å². The van der Waals surface area contributed by atoms with Gasteiger partial charge in [0.2, 0.25) is 5.91 Å². The molecule has 3 fully saturated rings. The van der Waals surface area contributed by atoms with Crippen LogP contribution in [0, 0.1) is 0 Å². The summed E-state index contributed by atoms with van der Waals surface area (Å²) >= 11 is 0. The summed E-state index contributed by atoms with van der Waals surface area (Å²) in [6, 6.07) is 1.21. The van der Waals surface area contributed by atoms with Gasteiger partial charge in [0, 0.05) is 12.1 Å². The van der Waals surface area contributed by atoms with E-state index in [2.05, 4.69) is 16.7 Å². The highest BCUT2D eigenvalue weighted by Gasteiger charge is 2.37. The van der Waals surface area contributed by atoms with Crippen LogP contribution in [0.3, 0.4) is 0 Å². The maximum absolute atomic E-state index is 13.8. The Bertz CT molecular complexity index is 379. The molecule has 0 aromatic carbocycles. The second kappa shape index (κ2) is 11.5. The van der Waals surface area contributed by atoms with Crippen molar-refractivity contribution in [2.45, 2.75) is 121 Å². The molecule has 1 aliphatic heterocycles. The van der Waals surface area contributed by atoms with Crippen molar-refractivity contribution in [3.8, 4) is 0 Å². The predicted octanol–water partition coefficient (Wildman–Crippen LogP) is 5.56. The van der Waals surface area contributed by atoms with Crippen molar-refractivity contribution in [2.24, 2.45) is 0 Å². The minimum absolute atomic E-state index is 0. The Hall–Kier alpha value is -0.280. The highest BCUT2D eigenvalue weighted by Crippen LogP contribution is 2.32. The molecule has 1 saturated heterocycles. The number of rotatable bonds is 5. The molecule has 0 aromatic rings. The van der Waals surface area contributed by atoms with Crippen molar-refractivity contribution in [1.82, 2.24) is 9.80 Å². The monoisotopic (exact) mass is 384 g/mol. The normalized spacial score (nSPS) is 25.1. The third-order valence-electron chi connectivity index (χ3n) is 6.94. The van der Waals surface area contributed by atoms with Crippen LogP contribution < -0.4 is 0 Å². The van der Waals surface area contributed by atoms with Gasteiger partial charge < -0.3 is 4.90 Å². The Morgan fingerprint density at radius 3 is 1.65 bits per heavy atom. The van der Waals surface area contributed by atoms with E-state index in [4.69, 9.17) is 0 Å². The second-order valence-electron chi connectivity index (χ2n) is 8.70. The molecule has 2 saturated carbocycles. The number of nitrogens with zero attached hydrogens (tertiary/aromatic N) is 2. The molecule has 0 radical (unpaired) electrons. The molecule has 4 heteroatoms. The third-order valence-corrected chi connectivity index (χ3v) is 6.94. The van der Waals surface area contributed by atoms with E-state index in [-0.39, 0.29) is 18.4 Å². The number of likely N-dealkylation sites (tertiary alicyclic amines) is 1. The molecule has 1 amide bonds. The zero-order valence-corrected chi connectivity index (χ0v) is 17.8. The molecular weight excluding hydrogens is 344 g/mol. The van der Waals surface area contributed by atoms with Crippen LogP contribution in [0.2, 0.25) is 0 Å². The van der Waals surface area contributed by atoms with E-state index in [1.165, 1.54) is 89.9 Å². The first-order valence-electron chi connectivity index (χ1n) is 11.4. The van der Waals surface area contributed by atoms with E-state index in [0.29, 0.717) is 18.0 Å². The molecular formula is C22H41ClN2O. The van der Waals surface area contributed by atoms with Crippen LogP contribution >= 0.6 is 12.4 Å². The summed E-state index contributed by atoms with van der Waals surface area (Å²) in [5.74, 6) is 0.489. The average molecular weight is 385 g/mol. The van der Waals surface area contributed by atoms with Crippen LogP contribution in [0.4, 0.5) is 0 Å². The fourth-order valence-corrected chi connectivity index (χ4v) is 5.54.